The van der Waals surface area contributed by atoms with Gasteiger partial charge in [-0.1, -0.05) is 49.4 Å². The minimum atomic E-state index is -0.225. The van der Waals surface area contributed by atoms with Crippen molar-refractivity contribution in [2.75, 3.05) is 19.6 Å². The highest BCUT2D eigenvalue weighted by molar-refractivity contribution is 5.77. The number of hydrogen-bond donors (Lipinski definition) is 1. The summed E-state index contributed by atoms with van der Waals surface area (Å²) in [6.45, 7) is 4.09. The van der Waals surface area contributed by atoms with E-state index in [1.807, 2.05) is 36.1 Å². The molecule has 0 aliphatic carbocycles. The quantitative estimate of drug-likeness (QED) is 0.862. The van der Waals surface area contributed by atoms with Gasteiger partial charge < -0.3 is 10.6 Å². The van der Waals surface area contributed by atoms with Crippen LogP contribution < -0.4 is 5.73 Å². The zero-order valence-corrected chi connectivity index (χ0v) is 15.3. The van der Waals surface area contributed by atoms with Crippen molar-refractivity contribution in [2.24, 2.45) is 17.6 Å². The minimum absolute atomic E-state index is 0.172. The first kappa shape index (κ1) is 18.6. The average Bonchev–Trinajstić information content (AvgIpc) is 3.07. The van der Waals surface area contributed by atoms with E-state index in [9.17, 15) is 9.18 Å². The summed E-state index contributed by atoms with van der Waals surface area (Å²) in [5, 5.41) is 0. The Bertz CT molecular complexity index is 734. The summed E-state index contributed by atoms with van der Waals surface area (Å²) in [6, 6.07) is 16.9. The topological polar surface area (TPSA) is 46.3 Å². The second-order valence-electron chi connectivity index (χ2n) is 7.46. The SMILES string of the molecule is CC(CC(=O)N1C[C@@H](CN)[C@H](c2ccccc2)C1)Cc1cccc(F)c1. The Labute approximate surface area is 155 Å². The molecule has 1 unspecified atom stereocenters. The van der Waals surface area contributed by atoms with Gasteiger partial charge in [0.25, 0.3) is 0 Å². The van der Waals surface area contributed by atoms with Crippen LogP contribution in [0.5, 0.6) is 0 Å². The van der Waals surface area contributed by atoms with Crippen molar-refractivity contribution < 1.29 is 9.18 Å². The van der Waals surface area contributed by atoms with Gasteiger partial charge in [-0.3, -0.25) is 4.79 Å². The van der Waals surface area contributed by atoms with Crippen LogP contribution >= 0.6 is 0 Å². The highest BCUT2D eigenvalue weighted by Gasteiger charge is 2.35. The number of nitrogens with two attached hydrogens (primary N) is 1. The molecule has 2 aromatic carbocycles. The third-order valence-corrected chi connectivity index (χ3v) is 5.32. The van der Waals surface area contributed by atoms with E-state index in [2.05, 4.69) is 12.1 Å². The molecule has 0 bridgehead atoms. The molecule has 1 heterocycles. The Kier molecular flexibility index (Phi) is 6.04. The number of benzene rings is 2. The van der Waals surface area contributed by atoms with Crippen LogP contribution in [0.25, 0.3) is 0 Å². The Morgan fingerprint density at radius 3 is 2.65 bits per heavy atom. The predicted octanol–water partition coefficient (Wildman–Crippen LogP) is 3.60. The van der Waals surface area contributed by atoms with Crippen LogP contribution in [0.4, 0.5) is 4.39 Å². The van der Waals surface area contributed by atoms with Crippen molar-refractivity contribution in [3.63, 3.8) is 0 Å². The molecule has 4 heteroatoms. The first-order valence-corrected chi connectivity index (χ1v) is 9.34. The summed E-state index contributed by atoms with van der Waals surface area (Å²) in [6.07, 6.45) is 1.19. The summed E-state index contributed by atoms with van der Waals surface area (Å²) in [5.74, 6) is 0.739. The molecule has 1 fully saturated rings. The third kappa shape index (κ3) is 4.50. The lowest BCUT2D eigenvalue weighted by molar-refractivity contribution is -0.131. The molecule has 0 aromatic heterocycles. The van der Waals surface area contributed by atoms with Gasteiger partial charge in [0.2, 0.25) is 5.91 Å². The number of nitrogens with zero attached hydrogens (tertiary/aromatic N) is 1. The molecule has 1 aliphatic heterocycles. The Morgan fingerprint density at radius 1 is 1.19 bits per heavy atom. The van der Waals surface area contributed by atoms with Crippen molar-refractivity contribution in [3.05, 3.63) is 71.5 Å². The van der Waals surface area contributed by atoms with Crippen molar-refractivity contribution >= 4 is 5.91 Å². The molecule has 138 valence electrons. The van der Waals surface area contributed by atoms with Crippen molar-refractivity contribution in [3.8, 4) is 0 Å². The first-order valence-electron chi connectivity index (χ1n) is 9.34. The van der Waals surface area contributed by atoms with E-state index < -0.39 is 0 Å². The maximum absolute atomic E-state index is 13.3. The molecular formula is C22H27FN2O. The fraction of sp³-hybridized carbons (Fsp3) is 0.409. The second-order valence-corrected chi connectivity index (χ2v) is 7.46. The van der Waals surface area contributed by atoms with Crippen LogP contribution in [0.3, 0.4) is 0 Å². The standard InChI is InChI=1S/C22H27FN2O/c1-16(10-17-6-5-9-20(23)12-17)11-22(26)25-14-19(13-24)21(15-25)18-7-3-2-4-8-18/h2-9,12,16,19,21H,10-11,13-15,24H2,1H3/t16?,19-,21+/m1/s1. The lowest BCUT2D eigenvalue weighted by atomic mass is 9.89. The minimum Gasteiger partial charge on any atom is -0.342 e. The van der Waals surface area contributed by atoms with Gasteiger partial charge in [-0.15, -0.1) is 0 Å². The molecule has 1 aliphatic rings. The molecular weight excluding hydrogens is 327 g/mol. The van der Waals surface area contributed by atoms with Crippen LogP contribution in [-0.4, -0.2) is 30.4 Å². The van der Waals surface area contributed by atoms with Gasteiger partial charge in [0.1, 0.15) is 5.82 Å². The van der Waals surface area contributed by atoms with Gasteiger partial charge in [0.05, 0.1) is 0 Å². The van der Waals surface area contributed by atoms with Gasteiger partial charge in [-0.25, -0.2) is 4.39 Å². The Hall–Kier alpha value is -2.20. The molecule has 2 aromatic rings. The van der Waals surface area contributed by atoms with E-state index in [0.29, 0.717) is 31.2 Å². The highest BCUT2D eigenvalue weighted by atomic mass is 19.1. The maximum Gasteiger partial charge on any atom is 0.222 e. The first-order chi connectivity index (χ1) is 12.6. The van der Waals surface area contributed by atoms with Crippen LogP contribution in [0, 0.1) is 17.7 Å². The van der Waals surface area contributed by atoms with E-state index in [0.717, 1.165) is 18.7 Å². The van der Waals surface area contributed by atoms with Crippen LogP contribution in [0.15, 0.2) is 54.6 Å². The third-order valence-electron chi connectivity index (χ3n) is 5.32. The van der Waals surface area contributed by atoms with E-state index in [4.69, 9.17) is 5.73 Å². The number of hydrogen-bond acceptors (Lipinski definition) is 2. The normalized spacial score (nSPS) is 21.0. The number of halogens is 1. The monoisotopic (exact) mass is 354 g/mol. The van der Waals surface area contributed by atoms with Crippen molar-refractivity contribution in [1.82, 2.24) is 4.90 Å². The van der Waals surface area contributed by atoms with Crippen LogP contribution in [0.1, 0.15) is 30.4 Å². The summed E-state index contributed by atoms with van der Waals surface area (Å²) in [5.41, 5.74) is 8.16. The average molecular weight is 354 g/mol. The highest BCUT2D eigenvalue weighted by Crippen LogP contribution is 2.32. The van der Waals surface area contributed by atoms with E-state index in [1.165, 1.54) is 11.6 Å². The van der Waals surface area contributed by atoms with Gasteiger partial charge in [-0.2, -0.15) is 0 Å². The maximum atomic E-state index is 13.3. The van der Waals surface area contributed by atoms with Crippen molar-refractivity contribution in [2.45, 2.75) is 25.7 Å². The molecule has 3 rings (SSSR count). The number of carbonyl (C=O) groups is 1. The summed E-state index contributed by atoms with van der Waals surface area (Å²) in [7, 11) is 0. The Morgan fingerprint density at radius 2 is 1.96 bits per heavy atom. The number of amides is 1. The van der Waals surface area contributed by atoms with Gasteiger partial charge in [0, 0.05) is 25.4 Å². The van der Waals surface area contributed by atoms with Gasteiger partial charge in [0.15, 0.2) is 0 Å². The molecule has 0 radical (unpaired) electrons. The van der Waals surface area contributed by atoms with E-state index in [1.54, 1.807) is 12.1 Å². The number of likely N-dealkylation sites (tertiary alicyclic amines) is 1. The zero-order chi connectivity index (χ0) is 18.5. The lowest BCUT2D eigenvalue weighted by Gasteiger charge is -2.19. The van der Waals surface area contributed by atoms with Crippen molar-refractivity contribution in [1.29, 1.82) is 0 Å². The number of rotatable bonds is 6. The summed E-state index contributed by atoms with van der Waals surface area (Å²) in [4.78, 5) is 14.7. The number of carbonyl (C=O) groups excluding carboxylic acids is 1. The summed E-state index contributed by atoms with van der Waals surface area (Å²) < 4.78 is 13.3. The molecule has 26 heavy (non-hydrogen) atoms. The second kappa shape index (κ2) is 8.45. The molecule has 1 amide bonds. The molecule has 3 nitrogen and oxygen atoms in total. The largest absolute Gasteiger partial charge is 0.342 e. The van der Waals surface area contributed by atoms with Crippen LogP contribution in [-0.2, 0) is 11.2 Å². The molecule has 3 atom stereocenters. The predicted molar refractivity (Wildman–Crippen MR) is 102 cm³/mol. The van der Waals surface area contributed by atoms with Gasteiger partial charge >= 0.3 is 0 Å². The zero-order valence-electron chi connectivity index (χ0n) is 15.3. The molecule has 2 N–H and O–H groups in total. The fourth-order valence-electron chi connectivity index (χ4n) is 3.96. The van der Waals surface area contributed by atoms with Crippen LogP contribution in [0.2, 0.25) is 0 Å². The van der Waals surface area contributed by atoms with E-state index in [-0.39, 0.29) is 17.6 Å². The molecule has 0 spiro atoms. The Balaban J connectivity index is 1.59. The van der Waals surface area contributed by atoms with Gasteiger partial charge in [-0.05, 0) is 48.1 Å². The molecule has 0 saturated carbocycles. The molecule has 1 saturated heterocycles. The summed E-state index contributed by atoms with van der Waals surface area (Å²) >= 11 is 0. The smallest absolute Gasteiger partial charge is 0.222 e. The van der Waals surface area contributed by atoms with E-state index >= 15 is 0 Å². The lowest BCUT2D eigenvalue weighted by Crippen LogP contribution is -2.31. The fourth-order valence-corrected chi connectivity index (χ4v) is 3.96.